The van der Waals surface area contributed by atoms with E-state index in [0.717, 1.165) is 21.3 Å². The zero-order chi connectivity index (χ0) is 14.8. The first-order valence-corrected chi connectivity index (χ1v) is 7.58. The predicted molar refractivity (Wildman–Crippen MR) is 87.6 cm³/mol. The summed E-state index contributed by atoms with van der Waals surface area (Å²) in [5, 5.41) is 14.3. The van der Waals surface area contributed by atoms with Crippen LogP contribution < -0.4 is 5.32 Å². The maximum Gasteiger partial charge on any atom is 0.346 e. The average Bonchev–Trinajstić information content (AvgIpc) is 2.86. The van der Waals surface area contributed by atoms with Crippen LogP contribution >= 0.6 is 22.9 Å². The number of hydrogen-bond donors (Lipinski definition) is 2. The summed E-state index contributed by atoms with van der Waals surface area (Å²) in [6, 6.07) is 15.1. The van der Waals surface area contributed by atoms with Gasteiger partial charge in [-0.15, -0.1) is 11.3 Å². The van der Waals surface area contributed by atoms with Crippen molar-refractivity contribution in [2.75, 3.05) is 5.32 Å². The number of halogens is 1. The van der Waals surface area contributed by atoms with E-state index in [2.05, 4.69) is 5.32 Å². The van der Waals surface area contributed by atoms with Crippen molar-refractivity contribution >= 4 is 44.7 Å². The highest BCUT2D eigenvalue weighted by Crippen LogP contribution is 2.32. The first kappa shape index (κ1) is 13.9. The van der Waals surface area contributed by atoms with Crippen LogP contribution in [0.2, 0.25) is 5.02 Å². The molecule has 5 heteroatoms. The van der Waals surface area contributed by atoms with E-state index in [1.807, 2.05) is 36.4 Å². The lowest BCUT2D eigenvalue weighted by Gasteiger charge is -2.07. The minimum absolute atomic E-state index is 0.387. The molecule has 0 aliphatic rings. The van der Waals surface area contributed by atoms with Gasteiger partial charge in [0.25, 0.3) is 0 Å². The fourth-order valence-corrected chi connectivity index (χ4v) is 3.39. The zero-order valence-corrected chi connectivity index (χ0v) is 12.5. The highest BCUT2D eigenvalue weighted by molar-refractivity contribution is 7.21. The first-order valence-electron chi connectivity index (χ1n) is 6.38. The van der Waals surface area contributed by atoms with Gasteiger partial charge in [-0.2, -0.15) is 0 Å². The minimum atomic E-state index is -0.885. The monoisotopic (exact) mass is 317 g/mol. The van der Waals surface area contributed by atoms with Gasteiger partial charge in [-0.1, -0.05) is 29.8 Å². The molecule has 3 rings (SSSR count). The molecule has 0 bridgehead atoms. The molecule has 0 aliphatic heterocycles. The van der Waals surface area contributed by atoms with E-state index in [-0.39, 0.29) is 0 Å². The van der Waals surface area contributed by atoms with Crippen molar-refractivity contribution in [1.82, 2.24) is 0 Å². The summed E-state index contributed by atoms with van der Waals surface area (Å²) >= 11 is 7.16. The van der Waals surface area contributed by atoms with Gasteiger partial charge in [0.1, 0.15) is 4.88 Å². The molecule has 0 unspecified atom stereocenters. The number of benzene rings is 2. The van der Waals surface area contributed by atoms with Crippen LogP contribution in [0.1, 0.15) is 15.2 Å². The van der Waals surface area contributed by atoms with Crippen LogP contribution in [-0.2, 0) is 6.54 Å². The van der Waals surface area contributed by atoms with Crippen molar-refractivity contribution in [3.8, 4) is 0 Å². The molecule has 1 heterocycles. The van der Waals surface area contributed by atoms with E-state index in [9.17, 15) is 9.90 Å². The topological polar surface area (TPSA) is 49.3 Å². The van der Waals surface area contributed by atoms with Crippen molar-refractivity contribution < 1.29 is 9.90 Å². The molecule has 0 atom stereocenters. The third kappa shape index (κ3) is 2.86. The maximum atomic E-state index is 11.4. The lowest BCUT2D eigenvalue weighted by atomic mass is 10.1. The number of nitrogens with one attached hydrogen (secondary N) is 1. The van der Waals surface area contributed by atoms with E-state index < -0.39 is 5.97 Å². The van der Waals surface area contributed by atoms with E-state index in [1.54, 1.807) is 12.1 Å². The quantitative estimate of drug-likeness (QED) is 0.722. The van der Waals surface area contributed by atoms with Crippen LogP contribution in [0.4, 0.5) is 5.69 Å². The van der Waals surface area contributed by atoms with Crippen LogP contribution in [0.5, 0.6) is 0 Å². The molecule has 0 saturated heterocycles. The molecule has 3 nitrogen and oxygen atoms in total. The Morgan fingerprint density at radius 3 is 2.57 bits per heavy atom. The summed E-state index contributed by atoms with van der Waals surface area (Å²) in [6.45, 7) is 0.466. The Morgan fingerprint density at radius 1 is 1.14 bits per heavy atom. The molecule has 3 aromatic rings. The number of aromatic carboxylic acids is 1. The van der Waals surface area contributed by atoms with Crippen molar-refractivity contribution in [3.63, 3.8) is 0 Å². The van der Waals surface area contributed by atoms with Gasteiger partial charge in [0.2, 0.25) is 0 Å². The number of anilines is 1. The summed E-state index contributed by atoms with van der Waals surface area (Å²) < 4.78 is 0.989. The molecule has 2 N–H and O–H groups in total. The van der Waals surface area contributed by atoms with Crippen LogP contribution in [-0.4, -0.2) is 11.1 Å². The van der Waals surface area contributed by atoms with Gasteiger partial charge < -0.3 is 10.4 Å². The molecule has 0 amide bonds. The second kappa shape index (κ2) is 5.76. The van der Waals surface area contributed by atoms with Crippen LogP contribution in [0.25, 0.3) is 10.1 Å². The zero-order valence-electron chi connectivity index (χ0n) is 11.0. The second-order valence-corrected chi connectivity index (χ2v) is 6.06. The fraction of sp³-hybridized carbons (Fsp3) is 0.0625. The Hall–Kier alpha value is -2.04. The molecule has 0 fully saturated rings. The largest absolute Gasteiger partial charge is 0.477 e. The summed E-state index contributed by atoms with van der Waals surface area (Å²) in [5.74, 6) is -0.885. The normalized spacial score (nSPS) is 10.7. The number of carboxylic acids is 1. The van der Waals surface area contributed by atoms with Crippen molar-refractivity contribution in [2.24, 2.45) is 0 Å². The summed E-state index contributed by atoms with van der Waals surface area (Å²) in [7, 11) is 0. The molecule has 21 heavy (non-hydrogen) atoms. The Kier molecular flexibility index (Phi) is 3.82. The number of carboxylic acid groups (broad SMARTS) is 1. The highest BCUT2D eigenvalue weighted by atomic mass is 35.5. The lowest BCUT2D eigenvalue weighted by Crippen LogP contribution is -2.04. The maximum absolute atomic E-state index is 11.4. The van der Waals surface area contributed by atoms with Gasteiger partial charge >= 0.3 is 5.97 Å². The summed E-state index contributed by atoms with van der Waals surface area (Å²) in [5.41, 5.74) is 1.73. The van der Waals surface area contributed by atoms with Crippen molar-refractivity contribution in [1.29, 1.82) is 0 Å². The van der Waals surface area contributed by atoms with Crippen molar-refractivity contribution in [2.45, 2.75) is 6.54 Å². The van der Waals surface area contributed by atoms with Gasteiger partial charge in [-0.25, -0.2) is 4.79 Å². The number of fused-ring (bicyclic) bond motifs is 1. The van der Waals surface area contributed by atoms with E-state index >= 15 is 0 Å². The molecule has 0 aliphatic carbocycles. The molecule has 0 saturated carbocycles. The second-order valence-electron chi connectivity index (χ2n) is 4.57. The summed E-state index contributed by atoms with van der Waals surface area (Å²) in [6.07, 6.45) is 0. The summed E-state index contributed by atoms with van der Waals surface area (Å²) in [4.78, 5) is 11.8. The molecule has 1 aromatic heterocycles. The standard InChI is InChI=1S/C16H12ClNO2S/c17-10-5-7-11(8-6-10)18-9-13-12-3-1-2-4-14(12)21-15(13)16(19)20/h1-8,18H,9H2,(H,19,20). The van der Waals surface area contributed by atoms with Crippen LogP contribution in [0.15, 0.2) is 48.5 Å². The number of carbonyl (C=O) groups is 1. The first-order chi connectivity index (χ1) is 10.1. The van der Waals surface area contributed by atoms with E-state index in [1.165, 1.54) is 11.3 Å². The average molecular weight is 318 g/mol. The number of rotatable bonds is 4. The third-order valence-electron chi connectivity index (χ3n) is 3.21. The van der Waals surface area contributed by atoms with Crippen LogP contribution in [0.3, 0.4) is 0 Å². The molecular weight excluding hydrogens is 306 g/mol. The molecule has 2 aromatic carbocycles. The lowest BCUT2D eigenvalue weighted by molar-refractivity contribution is 0.0701. The highest BCUT2D eigenvalue weighted by Gasteiger charge is 2.17. The van der Waals surface area contributed by atoms with Gasteiger partial charge in [0.15, 0.2) is 0 Å². The fourth-order valence-electron chi connectivity index (χ4n) is 2.21. The Labute approximate surface area is 130 Å². The number of hydrogen-bond acceptors (Lipinski definition) is 3. The SMILES string of the molecule is O=C(O)c1sc2ccccc2c1CNc1ccc(Cl)cc1. The molecule has 0 spiro atoms. The Morgan fingerprint density at radius 2 is 1.86 bits per heavy atom. The van der Waals surface area contributed by atoms with Gasteiger partial charge in [0, 0.05) is 27.5 Å². The minimum Gasteiger partial charge on any atom is -0.477 e. The van der Waals surface area contributed by atoms with Gasteiger partial charge in [-0.05, 0) is 35.7 Å². The van der Waals surface area contributed by atoms with Crippen LogP contribution in [0, 0.1) is 0 Å². The number of thiophene rings is 1. The Bertz CT molecular complexity index is 796. The third-order valence-corrected chi connectivity index (χ3v) is 4.66. The predicted octanol–water partition coefficient (Wildman–Crippen LogP) is 4.87. The molecule has 106 valence electrons. The van der Waals surface area contributed by atoms with Gasteiger partial charge in [-0.3, -0.25) is 0 Å². The van der Waals surface area contributed by atoms with Gasteiger partial charge in [0.05, 0.1) is 0 Å². The van der Waals surface area contributed by atoms with E-state index in [4.69, 9.17) is 11.6 Å². The van der Waals surface area contributed by atoms with E-state index in [0.29, 0.717) is 16.4 Å². The molecular formula is C16H12ClNO2S. The smallest absolute Gasteiger partial charge is 0.346 e. The van der Waals surface area contributed by atoms with Crippen molar-refractivity contribution in [3.05, 3.63) is 64.0 Å². The Balaban J connectivity index is 1.93. The molecule has 0 radical (unpaired) electrons.